The van der Waals surface area contributed by atoms with E-state index in [2.05, 4.69) is 15.3 Å². The third-order valence-corrected chi connectivity index (χ3v) is 5.35. The van der Waals surface area contributed by atoms with Crippen LogP contribution in [-0.2, 0) is 20.7 Å². The maximum atomic E-state index is 12.8. The SMILES string of the molecule is COCCOc1cc2ncnc(NC3=CC(=O)C(Oc4ccc(CCN)cc4)=CC3=O)c2cc1OC. The van der Waals surface area contributed by atoms with Crippen molar-refractivity contribution in [3.05, 3.63) is 71.9 Å². The van der Waals surface area contributed by atoms with Crippen LogP contribution in [0.2, 0.25) is 0 Å². The van der Waals surface area contributed by atoms with Crippen molar-refractivity contribution in [1.29, 1.82) is 0 Å². The molecule has 10 nitrogen and oxygen atoms in total. The van der Waals surface area contributed by atoms with Crippen molar-refractivity contribution in [1.82, 2.24) is 9.97 Å². The molecule has 0 atom stereocenters. The van der Waals surface area contributed by atoms with E-state index in [4.69, 9.17) is 24.7 Å². The summed E-state index contributed by atoms with van der Waals surface area (Å²) in [4.78, 5) is 34.0. The number of ketones is 2. The molecule has 0 radical (unpaired) electrons. The van der Waals surface area contributed by atoms with E-state index >= 15 is 0 Å². The van der Waals surface area contributed by atoms with Crippen molar-refractivity contribution in [3.63, 3.8) is 0 Å². The lowest BCUT2D eigenvalue weighted by atomic mass is 10.1. The maximum Gasteiger partial charge on any atom is 0.223 e. The Labute approximate surface area is 207 Å². The highest BCUT2D eigenvalue weighted by Crippen LogP contribution is 2.34. The number of methoxy groups -OCH3 is 2. The number of nitrogens with two attached hydrogens (primary N) is 1. The normalized spacial score (nSPS) is 13.3. The number of carbonyl (C=O) groups excluding carboxylic acids is 2. The van der Waals surface area contributed by atoms with E-state index in [-0.39, 0.29) is 11.5 Å². The minimum absolute atomic E-state index is 0.0602. The van der Waals surface area contributed by atoms with Crippen LogP contribution < -0.4 is 25.3 Å². The van der Waals surface area contributed by atoms with Gasteiger partial charge in [-0.25, -0.2) is 9.97 Å². The van der Waals surface area contributed by atoms with Crippen molar-refractivity contribution in [2.45, 2.75) is 6.42 Å². The standard InChI is InChI=1S/C26H26N4O6/c1-33-9-10-35-25-13-19-18(11-24(25)34-2)26(29-15-28-19)30-20-12-22(32)23(14-21(20)31)36-17-5-3-16(4-6-17)7-8-27/h3-6,11-15H,7-10,27H2,1-2H3,(H,28,29,30). The van der Waals surface area contributed by atoms with Crippen LogP contribution in [0.1, 0.15) is 5.56 Å². The number of ether oxygens (including phenoxy) is 4. The summed E-state index contributed by atoms with van der Waals surface area (Å²) in [5, 5.41) is 3.53. The van der Waals surface area contributed by atoms with Crippen LogP contribution in [-0.4, -0.2) is 55.5 Å². The van der Waals surface area contributed by atoms with Crippen LogP contribution in [0, 0.1) is 0 Å². The van der Waals surface area contributed by atoms with Gasteiger partial charge in [0.2, 0.25) is 11.6 Å². The van der Waals surface area contributed by atoms with E-state index in [1.165, 1.54) is 19.5 Å². The van der Waals surface area contributed by atoms with Crippen LogP contribution in [0.5, 0.6) is 17.2 Å². The molecule has 2 aromatic carbocycles. The molecule has 1 aliphatic carbocycles. The summed E-state index contributed by atoms with van der Waals surface area (Å²) in [6.45, 7) is 1.30. The summed E-state index contributed by atoms with van der Waals surface area (Å²) in [6.07, 6.45) is 4.44. The first kappa shape index (κ1) is 24.8. The average molecular weight is 491 g/mol. The number of hydrogen-bond donors (Lipinski definition) is 2. The summed E-state index contributed by atoms with van der Waals surface area (Å²) < 4.78 is 21.8. The number of hydrogen-bond acceptors (Lipinski definition) is 10. The van der Waals surface area contributed by atoms with Crippen LogP contribution in [0.4, 0.5) is 5.82 Å². The Kier molecular flexibility index (Phi) is 7.89. The van der Waals surface area contributed by atoms with Crippen molar-refractivity contribution >= 4 is 28.3 Å². The zero-order valence-corrected chi connectivity index (χ0v) is 19.9. The van der Waals surface area contributed by atoms with Crippen LogP contribution >= 0.6 is 0 Å². The van der Waals surface area contributed by atoms with E-state index in [1.807, 2.05) is 12.1 Å². The average Bonchev–Trinajstić information content (AvgIpc) is 2.88. The zero-order valence-electron chi connectivity index (χ0n) is 19.9. The highest BCUT2D eigenvalue weighted by Gasteiger charge is 2.23. The van der Waals surface area contributed by atoms with Crippen molar-refractivity contribution in [2.75, 3.05) is 39.3 Å². The highest BCUT2D eigenvalue weighted by molar-refractivity contribution is 6.20. The van der Waals surface area contributed by atoms with Gasteiger partial charge in [-0.05, 0) is 36.7 Å². The lowest BCUT2D eigenvalue weighted by molar-refractivity contribution is -0.116. The lowest BCUT2D eigenvalue weighted by Crippen LogP contribution is -2.21. The molecule has 3 aromatic rings. The van der Waals surface area contributed by atoms with E-state index in [9.17, 15) is 9.59 Å². The molecule has 0 saturated carbocycles. The smallest absolute Gasteiger partial charge is 0.223 e. The fourth-order valence-electron chi connectivity index (χ4n) is 3.54. The van der Waals surface area contributed by atoms with Crippen molar-refractivity contribution < 1.29 is 28.5 Å². The molecule has 186 valence electrons. The first-order valence-corrected chi connectivity index (χ1v) is 11.2. The first-order valence-electron chi connectivity index (χ1n) is 11.2. The second-order valence-electron chi connectivity index (χ2n) is 7.79. The Balaban J connectivity index is 1.53. The largest absolute Gasteiger partial charge is 0.493 e. The second-order valence-corrected chi connectivity index (χ2v) is 7.79. The molecule has 0 bridgehead atoms. The topological polar surface area (TPSA) is 135 Å². The molecule has 0 amide bonds. The highest BCUT2D eigenvalue weighted by atomic mass is 16.5. The molecule has 4 rings (SSSR count). The number of rotatable bonds is 11. The Morgan fingerprint density at radius 2 is 1.75 bits per heavy atom. The van der Waals surface area contributed by atoms with Gasteiger partial charge in [-0.15, -0.1) is 0 Å². The van der Waals surface area contributed by atoms with E-state index < -0.39 is 11.6 Å². The molecule has 1 heterocycles. The van der Waals surface area contributed by atoms with Crippen LogP contribution in [0.25, 0.3) is 10.9 Å². The number of nitrogens with zero attached hydrogens (tertiary/aromatic N) is 2. The molecule has 0 aliphatic heterocycles. The Morgan fingerprint density at radius 3 is 2.47 bits per heavy atom. The van der Waals surface area contributed by atoms with Gasteiger partial charge in [-0.2, -0.15) is 0 Å². The van der Waals surface area contributed by atoms with Gasteiger partial charge < -0.3 is 30.0 Å². The molecule has 10 heteroatoms. The number of benzene rings is 2. The summed E-state index contributed by atoms with van der Waals surface area (Å²) in [6, 6.07) is 10.6. The number of nitrogens with one attached hydrogen (secondary N) is 1. The molecular weight excluding hydrogens is 464 g/mol. The zero-order chi connectivity index (χ0) is 25.5. The summed E-state index contributed by atoms with van der Waals surface area (Å²) in [5.74, 6) is 0.799. The van der Waals surface area contributed by atoms with Gasteiger partial charge in [0.15, 0.2) is 17.3 Å². The fraction of sp³-hybridized carbons (Fsp3) is 0.231. The first-order chi connectivity index (χ1) is 17.5. The number of aromatic nitrogens is 2. The summed E-state index contributed by atoms with van der Waals surface area (Å²) in [5.41, 5.74) is 7.24. The fourth-order valence-corrected chi connectivity index (χ4v) is 3.54. The van der Waals surface area contributed by atoms with Gasteiger partial charge >= 0.3 is 0 Å². The lowest BCUT2D eigenvalue weighted by Gasteiger charge is -2.16. The van der Waals surface area contributed by atoms with E-state index in [1.54, 1.807) is 31.4 Å². The molecule has 1 aromatic heterocycles. The Hall–Kier alpha value is -4.28. The van der Waals surface area contributed by atoms with E-state index in [0.29, 0.717) is 53.7 Å². The van der Waals surface area contributed by atoms with Gasteiger partial charge in [0.25, 0.3) is 0 Å². The van der Waals surface area contributed by atoms with Crippen LogP contribution in [0.3, 0.4) is 0 Å². The van der Waals surface area contributed by atoms with Gasteiger partial charge in [0.05, 0.1) is 24.9 Å². The minimum Gasteiger partial charge on any atom is -0.493 e. The third-order valence-electron chi connectivity index (χ3n) is 5.35. The van der Waals surface area contributed by atoms with E-state index in [0.717, 1.165) is 18.1 Å². The predicted octanol–water partition coefficient (Wildman–Crippen LogP) is 2.58. The molecule has 0 fully saturated rings. The molecule has 0 unspecified atom stereocenters. The second kappa shape index (κ2) is 11.4. The number of anilines is 1. The number of carbonyl (C=O) groups is 2. The predicted molar refractivity (Wildman–Crippen MR) is 133 cm³/mol. The molecular formula is C26H26N4O6. The van der Waals surface area contributed by atoms with Gasteiger partial charge in [-0.1, -0.05) is 12.1 Å². The molecule has 3 N–H and O–H groups in total. The molecule has 36 heavy (non-hydrogen) atoms. The summed E-state index contributed by atoms with van der Waals surface area (Å²) in [7, 11) is 3.11. The molecule has 0 saturated heterocycles. The third kappa shape index (κ3) is 5.68. The monoisotopic (exact) mass is 490 g/mol. The van der Waals surface area contributed by atoms with Gasteiger partial charge in [0, 0.05) is 30.7 Å². The Morgan fingerprint density at radius 1 is 0.944 bits per heavy atom. The molecule has 1 aliphatic rings. The van der Waals surface area contributed by atoms with Crippen molar-refractivity contribution in [3.8, 4) is 17.2 Å². The maximum absolute atomic E-state index is 12.8. The van der Waals surface area contributed by atoms with Gasteiger partial charge in [-0.3, -0.25) is 9.59 Å². The quantitative estimate of drug-likeness (QED) is 0.305. The van der Waals surface area contributed by atoms with Gasteiger partial charge in [0.1, 0.15) is 24.5 Å². The van der Waals surface area contributed by atoms with Crippen molar-refractivity contribution in [2.24, 2.45) is 5.73 Å². The Bertz CT molecular complexity index is 1330. The number of fused-ring (bicyclic) bond motifs is 1. The van der Waals surface area contributed by atoms with Crippen LogP contribution in [0.15, 0.2) is 66.3 Å². The minimum atomic E-state index is -0.451. The number of allylic oxidation sites excluding steroid dienone is 2. The summed E-state index contributed by atoms with van der Waals surface area (Å²) >= 11 is 0. The molecule has 0 spiro atoms.